The Labute approximate surface area is 81.8 Å². The van der Waals surface area contributed by atoms with Crippen molar-refractivity contribution >= 4 is 5.91 Å². The molecule has 1 aromatic heterocycles. The number of nitrogens with zero attached hydrogens (tertiary/aromatic N) is 1. The summed E-state index contributed by atoms with van der Waals surface area (Å²) in [4.78, 5) is 14.6. The number of hydrogen-bond acceptors (Lipinski definition) is 4. The van der Waals surface area contributed by atoms with Crippen LogP contribution in [0.25, 0.3) is 0 Å². The van der Waals surface area contributed by atoms with Crippen molar-refractivity contribution in [2.45, 2.75) is 0 Å². The van der Waals surface area contributed by atoms with E-state index >= 15 is 0 Å². The van der Waals surface area contributed by atoms with Crippen LogP contribution in [-0.4, -0.2) is 31.2 Å². The Hall–Kier alpha value is -1.62. The minimum Gasteiger partial charge on any atom is -0.475 e. The van der Waals surface area contributed by atoms with Crippen molar-refractivity contribution in [1.82, 2.24) is 4.98 Å². The van der Waals surface area contributed by atoms with Crippen LogP contribution in [0.3, 0.4) is 0 Å². The summed E-state index contributed by atoms with van der Waals surface area (Å²) in [6, 6.07) is 3.16. The third-order valence-electron chi connectivity index (χ3n) is 1.56. The van der Waals surface area contributed by atoms with Crippen LogP contribution in [0, 0.1) is 0 Å². The largest absolute Gasteiger partial charge is 0.475 e. The molecule has 0 unspecified atom stereocenters. The summed E-state index contributed by atoms with van der Waals surface area (Å²) in [6.45, 7) is 0.929. The van der Waals surface area contributed by atoms with Crippen molar-refractivity contribution in [3.8, 4) is 5.88 Å². The second-order valence-electron chi connectivity index (χ2n) is 2.59. The van der Waals surface area contributed by atoms with Gasteiger partial charge in [0.1, 0.15) is 6.61 Å². The first kappa shape index (κ1) is 10.5. The molecule has 0 aliphatic carbocycles. The average Bonchev–Trinajstić information content (AvgIpc) is 2.19. The molecule has 14 heavy (non-hydrogen) atoms. The van der Waals surface area contributed by atoms with Gasteiger partial charge in [-0.15, -0.1) is 0 Å². The van der Waals surface area contributed by atoms with Crippen LogP contribution < -0.4 is 10.5 Å². The second-order valence-corrected chi connectivity index (χ2v) is 2.59. The number of hydrogen-bond donors (Lipinski definition) is 1. The molecule has 0 aliphatic rings. The van der Waals surface area contributed by atoms with Gasteiger partial charge in [0.25, 0.3) is 0 Å². The van der Waals surface area contributed by atoms with Crippen molar-refractivity contribution in [1.29, 1.82) is 0 Å². The molecule has 0 aliphatic heterocycles. The van der Waals surface area contributed by atoms with E-state index in [1.807, 2.05) is 0 Å². The Morgan fingerprint density at radius 3 is 2.79 bits per heavy atom. The molecular formula is C9H12N2O3. The lowest BCUT2D eigenvalue weighted by Crippen LogP contribution is -2.11. The summed E-state index contributed by atoms with van der Waals surface area (Å²) in [5.74, 6) is -0.0482. The Balaban J connectivity index is 2.51. The number of aromatic nitrogens is 1. The van der Waals surface area contributed by atoms with Gasteiger partial charge in [-0.3, -0.25) is 4.79 Å². The summed E-state index contributed by atoms with van der Waals surface area (Å²) in [6.07, 6.45) is 1.38. The first-order valence-corrected chi connectivity index (χ1v) is 4.11. The highest BCUT2D eigenvalue weighted by molar-refractivity contribution is 5.92. The lowest BCUT2D eigenvalue weighted by atomic mass is 10.3. The molecule has 0 saturated heterocycles. The van der Waals surface area contributed by atoms with E-state index in [0.29, 0.717) is 24.7 Å². The molecule has 1 aromatic rings. The van der Waals surface area contributed by atoms with Crippen LogP contribution in [0.2, 0.25) is 0 Å². The molecular weight excluding hydrogens is 184 g/mol. The summed E-state index contributed by atoms with van der Waals surface area (Å²) in [5.41, 5.74) is 5.41. The van der Waals surface area contributed by atoms with Crippen LogP contribution in [0.15, 0.2) is 18.3 Å². The van der Waals surface area contributed by atoms with E-state index in [-0.39, 0.29) is 0 Å². The first-order valence-electron chi connectivity index (χ1n) is 4.11. The van der Waals surface area contributed by atoms with Crippen LogP contribution >= 0.6 is 0 Å². The molecule has 0 aromatic carbocycles. The molecule has 2 N–H and O–H groups in total. The maximum Gasteiger partial charge on any atom is 0.250 e. The summed E-state index contributed by atoms with van der Waals surface area (Å²) in [5, 5.41) is 0. The number of nitrogens with two attached hydrogens (primary N) is 1. The van der Waals surface area contributed by atoms with E-state index in [0.717, 1.165) is 0 Å². The van der Waals surface area contributed by atoms with E-state index in [1.165, 1.54) is 6.20 Å². The minimum absolute atomic E-state index is 0.365. The Morgan fingerprint density at radius 2 is 2.29 bits per heavy atom. The number of methoxy groups -OCH3 is 1. The summed E-state index contributed by atoms with van der Waals surface area (Å²) < 4.78 is 9.99. The fourth-order valence-electron chi connectivity index (χ4n) is 0.841. The first-order chi connectivity index (χ1) is 6.74. The highest BCUT2D eigenvalue weighted by atomic mass is 16.5. The van der Waals surface area contributed by atoms with E-state index in [1.54, 1.807) is 19.2 Å². The van der Waals surface area contributed by atoms with E-state index in [2.05, 4.69) is 4.98 Å². The number of carbonyl (C=O) groups is 1. The van der Waals surface area contributed by atoms with Crippen molar-refractivity contribution in [2.24, 2.45) is 5.73 Å². The number of ether oxygens (including phenoxy) is 2. The molecule has 5 heteroatoms. The Kier molecular flexibility index (Phi) is 3.87. The predicted octanol–water partition coefficient (Wildman–Crippen LogP) is 0.206. The van der Waals surface area contributed by atoms with Gasteiger partial charge in [-0.05, 0) is 6.07 Å². The smallest absolute Gasteiger partial charge is 0.250 e. The van der Waals surface area contributed by atoms with Crippen LogP contribution in [0.4, 0.5) is 0 Å². The zero-order valence-corrected chi connectivity index (χ0v) is 7.90. The average molecular weight is 196 g/mol. The molecule has 1 heterocycles. The maximum absolute atomic E-state index is 10.7. The van der Waals surface area contributed by atoms with E-state index < -0.39 is 5.91 Å². The van der Waals surface area contributed by atoms with Gasteiger partial charge in [0.15, 0.2) is 0 Å². The zero-order valence-electron chi connectivity index (χ0n) is 7.90. The van der Waals surface area contributed by atoms with Gasteiger partial charge in [0.2, 0.25) is 11.8 Å². The van der Waals surface area contributed by atoms with Crippen molar-refractivity contribution < 1.29 is 14.3 Å². The van der Waals surface area contributed by atoms with Gasteiger partial charge in [0.05, 0.1) is 12.2 Å². The Bertz CT molecular complexity index is 297. The highest BCUT2D eigenvalue weighted by Gasteiger charge is 2.00. The maximum atomic E-state index is 10.7. The van der Waals surface area contributed by atoms with Gasteiger partial charge in [0, 0.05) is 19.4 Å². The number of rotatable bonds is 5. The fraction of sp³-hybridized carbons (Fsp3) is 0.333. The van der Waals surface area contributed by atoms with Crippen LogP contribution in [0.1, 0.15) is 10.4 Å². The van der Waals surface area contributed by atoms with Gasteiger partial charge >= 0.3 is 0 Å². The normalized spacial score (nSPS) is 9.79. The topological polar surface area (TPSA) is 74.4 Å². The minimum atomic E-state index is -0.499. The Morgan fingerprint density at radius 1 is 1.50 bits per heavy atom. The molecule has 0 spiro atoms. The standard InChI is InChI=1S/C9H12N2O3/c1-13-4-5-14-8-3-2-7(6-11-8)9(10)12/h2-3,6H,4-5H2,1H3,(H2,10,12). The number of pyridine rings is 1. The molecule has 1 rings (SSSR count). The van der Waals surface area contributed by atoms with E-state index in [9.17, 15) is 4.79 Å². The van der Waals surface area contributed by atoms with Gasteiger partial charge < -0.3 is 15.2 Å². The SMILES string of the molecule is COCCOc1ccc(C(N)=O)cn1. The lowest BCUT2D eigenvalue weighted by Gasteiger charge is -2.03. The van der Waals surface area contributed by atoms with Crippen molar-refractivity contribution in [3.63, 3.8) is 0 Å². The number of amides is 1. The molecule has 0 radical (unpaired) electrons. The molecule has 5 nitrogen and oxygen atoms in total. The fourth-order valence-corrected chi connectivity index (χ4v) is 0.841. The van der Waals surface area contributed by atoms with Crippen LogP contribution in [0.5, 0.6) is 5.88 Å². The van der Waals surface area contributed by atoms with E-state index in [4.69, 9.17) is 15.2 Å². The quantitative estimate of drug-likeness (QED) is 0.683. The molecule has 76 valence electrons. The van der Waals surface area contributed by atoms with Gasteiger partial charge in [-0.2, -0.15) is 0 Å². The highest BCUT2D eigenvalue weighted by Crippen LogP contribution is 2.06. The van der Waals surface area contributed by atoms with Crippen LogP contribution in [-0.2, 0) is 4.74 Å². The van der Waals surface area contributed by atoms with Crippen molar-refractivity contribution in [2.75, 3.05) is 20.3 Å². The molecule has 0 fully saturated rings. The van der Waals surface area contributed by atoms with Gasteiger partial charge in [-0.1, -0.05) is 0 Å². The van der Waals surface area contributed by atoms with Gasteiger partial charge in [-0.25, -0.2) is 4.98 Å². The monoisotopic (exact) mass is 196 g/mol. The number of primary amides is 1. The lowest BCUT2D eigenvalue weighted by molar-refractivity contribution is 0.0999. The van der Waals surface area contributed by atoms with Crippen molar-refractivity contribution in [3.05, 3.63) is 23.9 Å². The molecule has 1 amide bonds. The molecule has 0 bridgehead atoms. The summed E-state index contributed by atoms with van der Waals surface area (Å²) in [7, 11) is 1.59. The second kappa shape index (κ2) is 5.18. The molecule has 0 saturated carbocycles. The summed E-state index contributed by atoms with van der Waals surface area (Å²) >= 11 is 0. The molecule has 0 atom stereocenters. The third kappa shape index (κ3) is 3.02. The third-order valence-corrected chi connectivity index (χ3v) is 1.56. The zero-order chi connectivity index (χ0) is 10.4. The number of carbonyl (C=O) groups excluding carboxylic acids is 1. The predicted molar refractivity (Wildman–Crippen MR) is 50.1 cm³/mol.